The van der Waals surface area contributed by atoms with Crippen molar-refractivity contribution in [1.29, 1.82) is 0 Å². The van der Waals surface area contributed by atoms with Crippen molar-refractivity contribution in [2.24, 2.45) is 5.92 Å². The summed E-state index contributed by atoms with van der Waals surface area (Å²) in [6.45, 7) is 7.41. The molecule has 1 saturated carbocycles. The molecule has 4 rings (SSSR count). The van der Waals surface area contributed by atoms with Crippen LogP contribution in [-0.2, 0) is 11.3 Å². The fourth-order valence-corrected chi connectivity index (χ4v) is 4.97. The van der Waals surface area contributed by atoms with Crippen LogP contribution in [0.3, 0.4) is 0 Å². The fourth-order valence-electron chi connectivity index (χ4n) is 4.01. The quantitative estimate of drug-likeness (QED) is 0.795. The molecule has 0 spiro atoms. The molecule has 1 amide bonds. The average molecular weight is 384 g/mol. The number of piperazine rings is 1. The van der Waals surface area contributed by atoms with E-state index in [-0.39, 0.29) is 23.9 Å². The van der Waals surface area contributed by atoms with E-state index in [2.05, 4.69) is 69.9 Å². The summed E-state index contributed by atoms with van der Waals surface area (Å²) in [5.74, 6) is 0.505. The van der Waals surface area contributed by atoms with Crippen LogP contribution < -0.4 is 5.32 Å². The molecule has 1 saturated heterocycles. The van der Waals surface area contributed by atoms with Crippen LogP contribution >= 0.6 is 11.3 Å². The molecule has 0 unspecified atom stereocenters. The van der Waals surface area contributed by atoms with Gasteiger partial charge in [-0.15, -0.1) is 11.3 Å². The van der Waals surface area contributed by atoms with Gasteiger partial charge in [0.2, 0.25) is 5.91 Å². The van der Waals surface area contributed by atoms with Crippen molar-refractivity contribution in [3.05, 3.63) is 58.3 Å². The van der Waals surface area contributed by atoms with E-state index in [0.717, 1.165) is 45.6 Å². The number of hydrogen-bond donors (Lipinski definition) is 1. The molecule has 0 bridgehead atoms. The number of benzene rings is 1. The molecule has 2 heterocycles. The van der Waals surface area contributed by atoms with Crippen LogP contribution in [0.5, 0.6) is 0 Å². The summed E-state index contributed by atoms with van der Waals surface area (Å²) >= 11 is 1.80. The molecule has 2 fully saturated rings. The third kappa shape index (κ3) is 4.78. The molecular formula is C22H29N3OS. The molecule has 1 aliphatic heterocycles. The minimum Gasteiger partial charge on any atom is -0.351 e. The van der Waals surface area contributed by atoms with Crippen LogP contribution in [0.2, 0.25) is 0 Å². The van der Waals surface area contributed by atoms with E-state index in [1.165, 1.54) is 10.4 Å². The molecule has 144 valence electrons. The number of nitrogens with one attached hydrogen (secondary N) is 1. The smallest absolute Gasteiger partial charge is 0.223 e. The number of carbonyl (C=O) groups is 1. The summed E-state index contributed by atoms with van der Waals surface area (Å²) in [6.07, 6.45) is 2.11. The zero-order valence-electron chi connectivity index (χ0n) is 16.0. The predicted octanol–water partition coefficient (Wildman–Crippen LogP) is 3.52. The van der Waals surface area contributed by atoms with Crippen molar-refractivity contribution in [3.8, 4) is 0 Å². The number of nitrogens with zero attached hydrogens (tertiary/aromatic N) is 2. The maximum Gasteiger partial charge on any atom is 0.223 e. The molecule has 4 nitrogen and oxygen atoms in total. The zero-order chi connectivity index (χ0) is 18.6. The Bertz CT molecular complexity index is 721. The van der Waals surface area contributed by atoms with E-state index >= 15 is 0 Å². The highest BCUT2D eigenvalue weighted by Crippen LogP contribution is 2.32. The Morgan fingerprint density at radius 3 is 2.48 bits per heavy atom. The summed E-state index contributed by atoms with van der Waals surface area (Å²) in [6, 6.07) is 15.4. The number of carbonyl (C=O) groups excluding carboxylic acids is 1. The Hall–Kier alpha value is -1.69. The van der Waals surface area contributed by atoms with Crippen LogP contribution in [0, 0.1) is 5.92 Å². The van der Waals surface area contributed by atoms with Crippen LogP contribution in [0.25, 0.3) is 0 Å². The van der Waals surface area contributed by atoms with E-state index in [1.807, 2.05) is 0 Å². The Morgan fingerprint density at radius 2 is 1.85 bits per heavy atom. The Morgan fingerprint density at radius 1 is 1.11 bits per heavy atom. The highest BCUT2D eigenvalue weighted by molar-refractivity contribution is 7.10. The van der Waals surface area contributed by atoms with Gasteiger partial charge in [-0.25, -0.2) is 0 Å². The van der Waals surface area contributed by atoms with Crippen molar-refractivity contribution in [1.82, 2.24) is 15.1 Å². The predicted molar refractivity (Wildman–Crippen MR) is 111 cm³/mol. The van der Waals surface area contributed by atoms with Crippen LogP contribution in [0.1, 0.15) is 36.2 Å². The summed E-state index contributed by atoms with van der Waals surface area (Å²) in [5.41, 5.74) is 1.38. The normalized spacial score (nSPS) is 20.9. The first-order valence-electron chi connectivity index (χ1n) is 10.0. The second kappa shape index (κ2) is 8.55. The lowest BCUT2D eigenvalue weighted by Crippen LogP contribution is -2.52. The van der Waals surface area contributed by atoms with Gasteiger partial charge >= 0.3 is 0 Å². The first-order chi connectivity index (χ1) is 13.2. The standard InChI is InChI=1S/C22H29N3OS/c1-17(23-22(26)19-9-10-19)21(20-8-5-15-27-20)25-13-11-24(12-14-25)16-18-6-3-2-4-7-18/h2-8,15,17,19,21H,9-14,16H2,1H3,(H,23,26)/t17-,21-/m0/s1. The number of rotatable bonds is 7. The topological polar surface area (TPSA) is 35.6 Å². The van der Waals surface area contributed by atoms with E-state index in [4.69, 9.17) is 0 Å². The van der Waals surface area contributed by atoms with Gasteiger partial charge in [-0.05, 0) is 36.8 Å². The lowest BCUT2D eigenvalue weighted by molar-refractivity contribution is -0.123. The second-order valence-electron chi connectivity index (χ2n) is 7.83. The fraction of sp³-hybridized carbons (Fsp3) is 0.500. The van der Waals surface area contributed by atoms with E-state index in [0.29, 0.717) is 0 Å². The molecule has 27 heavy (non-hydrogen) atoms. The van der Waals surface area contributed by atoms with Gasteiger partial charge in [0.25, 0.3) is 0 Å². The van der Waals surface area contributed by atoms with Crippen LogP contribution in [0.15, 0.2) is 47.8 Å². The van der Waals surface area contributed by atoms with E-state index in [1.54, 1.807) is 11.3 Å². The third-order valence-corrected chi connectivity index (χ3v) is 6.62. The maximum absolute atomic E-state index is 12.3. The molecule has 1 aliphatic carbocycles. The molecule has 2 aromatic rings. The Labute approximate surface area is 166 Å². The van der Waals surface area contributed by atoms with Crippen molar-refractivity contribution >= 4 is 17.2 Å². The summed E-state index contributed by atoms with van der Waals surface area (Å²) in [5, 5.41) is 5.43. The molecule has 0 radical (unpaired) electrons. The van der Waals surface area contributed by atoms with Crippen LogP contribution in [0.4, 0.5) is 0 Å². The molecule has 1 N–H and O–H groups in total. The summed E-state index contributed by atoms with van der Waals surface area (Å²) < 4.78 is 0. The van der Waals surface area contributed by atoms with Gasteiger partial charge in [-0.1, -0.05) is 36.4 Å². The minimum absolute atomic E-state index is 0.137. The average Bonchev–Trinajstić information content (AvgIpc) is 3.41. The molecule has 2 atom stereocenters. The van der Waals surface area contributed by atoms with Gasteiger partial charge in [0.1, 0.15) is 0 Å². The minimum atomic E-state index is 0.137. The van der Waals surface area contributed by atoms with Crippen molar-refractivity contribution in [3.63, 3.8) is 0 Å². The van der Waals surface area contributed by atoms with E-state index < -0.39 is 0 Å². The van der Waals surface area contributed by atoms with Gasteiger partial charge < -0.3 is 5.32 Å². The highest BCUT2D eigenvalue weighted by Gasteiger charge is 2.34. The largest absolute Gasteiger partial charge is 0.351 e. The van der Waals surface area contributed by atoms with Gasteiger partial charge in [0.05, 0.1) is 6.04 Å². The lowest BCUT2D eigenvalue weighted by atomic mass is 10.0. The summed E-state index contributed by atoms with van der Waals surface area (Å²) in [4.78, 5) is 18.7. The number of thiophene rings is 1. The molecule has 1 aromatic heterocycles. The highest BCUT2D eigenvalue weighted by atomic mass is 32.1. The SMILES string of the molecule is C[C@H](NC(=O)C1CC1)[C@@H](c1cccs1)N1CCN(Cc2ccccc2)CC1. The third-order valence-electron chi connectivity index (χ3n) is 5.68. The summed E-state index contributed by atoms with van der Waals surface area (Å²) in [7, 11) is 0. The van der Waals surface area contributed by atoms with Crippen molar-refractivity contribution in [2.75, 3.05) is 26.2 Å². The molecular weight excluding hydrogens is 354 g/mol. The Balaban J connectivity index is 1.38. The van der Waals surface area contributed by atoms with Gasteiger partial charge in [-0.3, -0.25) is 14.6 Å². The van der Waals surface area contributed by atoms with E-state index in [9.17, 15) is 4.79 Å². The van der Waals surface area contributed by atoms with Gasteiger partial charge in [-0.2, -0.15) is 0 Å². The molecule has 2 aliphatic rings. The number of hydrogen-bond acceptors (Lipinski definition) is 4. The maximum atomic E-state index is 12.3. The van der Waals surface area contributed by atoms with Crippen molar-refractivity contribution < 1.29 is 4.79 Å². The Kier molecular flexibility index (Phi) is 5.91. The molecule has 1 aromatic carbocycles. The van der Waals surface area contributed by atoms with Gasteiger partial charge in [0, 0.05) is 49.6 Å². The zero-order valence-corrected chi connectivity index (χ0v) is 16.8. The second-order valence-corrected chi connectivity index (χ2v) is 8.81. The number of amides is 1. The first-order valence-corrected chi connectivity index (χ1v) is 10.9. The van der Waals surface area contributed by atoms with Gasteiger partial charge in [0.15, 0.2) is 0 Å². The molecule has 5 heteroatoms. The first kappa shape index (κ1) is 18.7. The van der Waals surface area contributed by atoms with Crippen LogP contribution in [-0.4, -0.2) is 47.9 Å². The van der Waals surface area contributed by atoms with Crippen molar-refractivity contribution in [2.45, 2.75) is 38.4 Å². The monoisotopic (exact) mass is 383 g/mol. The lowest BCUT2D eigenvalue weighted by Gasteiger charge is -2.41.